The molecule has 1 aliphatic heterocycles. The SMILES string of the molecule is CC(C)(C)c1cc2c3c(c1)-c1cc(C(C)(C)C)cc(c1C3)-c1cc(Cl)cc(n1)-c1cc(C(C)(C)C)cc3c1[nH]c1c(cc(C(C)(C)C)cc13)-c1cc(Cl)cc-2n1. The number of nitrogens with zero attached hydrogens (tertiary/aromatic N) is 2. The van der Waals surface area contributed by atoms with Crippen LogP contribution in [0.15, 0.2) is 72.8 Å². The molecule has 0 radical (unpaired) electrons. The van der Waals surface area contributed by atoms with Gasteiger partial charge in [-0.2, -0.15) is 0 Å². The van der Waals surface area contributed by atoms with E-state index in [1.807, 2.05) is 12.1 Å². The summed E-state index contributed by atoms with van der Waals surface area (Å²) >= 11 is 14.4. The highest BCUT2D eigenvalue weighted by Crippen LogP contribution is 2.50. The molecule has 4 heterocycles. The topological polar surface area (TPSA) is 41.6 Å². The maximum atomic E-state index is 7.19. The summed E-state index contributed by atoms with van der Waals surface area (Å²) in [6, 6.07) is 27.1. The predicted molar refractivity (Wildman–Crippen MR) is 240 cm³/mol. The monoisotopic (exact) mass is 775 g/mol. The molecule has 7 aromatic rings. The van der Waals surface area contributed by atoms with Crippen LogP contribution in [0.25, 0.3) is 78.0 Å². The lowest BCUT2D eigenvalue weighted by atomic mass is 9.81. The van der Waals surface area contributed by atoms with Crippen LogP contribution in [0.1, 0.15) is 116 Å². The molecule has 0 atom stereocenters. The van der Waals surface area contributed by atoms with Crippen molar-refractivity contribution in [3.63, 3.8) is 0 Å². The van der Waals surface area contributed by atoms with Crippen LogP contribution in [0.5, 0.6) is 0 Å². The van der Waals surface area contributed by atoms with Gasteiger partial charge in [-0.1, -0.05) is 118 Å². The summed E-state index contributed by atoms with van der Waals surface area (Å²) in [4.78, 5) is 15.1. The van der Waals surface area contributed by atoms with Crippen LogP contribution in [0, 0.1) is 0 Å². The molecule has 3 nitrogen and oxygen atoms in total. The van der Waals surface area contributed by atoms with Crippen molar-refractivity contribution in [2.75, 3.05) is 0 Å². The van der Waals surface area contributed by atoms with Gasteiger partial charge in [-0.05, 0) is 127 Å². The van der Waals surface area contributed by atoms with Crippen molar-refractivity contribution in [2.45, 2.75) is 111 Å². The van der Waals surface area contributed by atoms with Crippen LogP contribution in [-0.4, -0.2) is 15.0 Å². The van der Waals surface area contributed by atoms with Gasteiger partial charge >= 0.3 is 0 Å². The number of aromatic nitrogens is 3. The number of halogens is 2. The third-order valence-corrected chi connectivity index (χ3v) is 12.5. The van der Waals surface area contributed by atoms with E-state index in [1.165, 1.54) is 44.5 Å². The minimum atomic E-state index is -0.114. The lowest BCUT2D eigenvalue weighted by Crippen LogP contribution is -2.12. The fourth-order valence-electron chi connectivity index (χ4n) is 8.63. The Bertz CT molecular complexity index is 2640. The molecule has 2 aliphatic rings. The van der Waals surface area contributed by atoms with Gasteiger partial charge in [0.15, 0.2) is 0 Å². The van der Waals surface area contributed by atoms with Gasteiger partial charge < -0.3 is 4.98 Å². The summed E-state index contributed by atoms with van der Waals surface area (Å²) in [5, 5.41) is 3.66. The second-order valence-corrected chi connectivity index (χ2v) is 21.3. The van der Waals surface area contributed by atoms with Crippen molar-refractivity contribution in [3.8, 4) is 56.2 Å². The van der Waals surface area contributed by atoms with Gasteiger partial charge in [0.25, 0.3) is 0 Å². The van der Waals surface area contributed by atoms with Crippen LogP contribution in [0.2, 0.25) is 10.0 Å². The highest BCUT2D eigenvalue weighted by atomic mass is 35.5. The first kappa shape index (κ1) is 37.2. The van der Waals surface area contributed by atoms with Crippen molar-refractivity contribution in [2.24, 2.45) is 0 Å². The van der Waals surface area contributed by atoms with Crippen molar-refractivity contribution in [1.82, 2.24) is 15.0 Å². The molecule has 0 amide bonds. The van der Waals surface area contributed by atoms with Crippen molar-refractivity contribution >= 4 is 45.0 Å². The van der Waals surface area contributed by atoms with E-state index in [0.29, 0.717) is 10.0 Å². The molecule has 1 aliphatic carbocycles. The fourth-order valence-corrected chi connectivity index (χ4v) is 9.04. The van der Waals surface area contributed by atoms with E-state index < -0.39 is 0 Å². The smallest absolute Gasteiger partial charge is 0.0745 e. The minimum absolute atomic E-state index is 0.0965. The lowest BCUT2D eigenvalue weighted by molar-refractivity contribution is 0.589. The molecule has 1 N–H and O–H groups in total. The van der Waals surface area contributed by atoms with Gasteiger partial charge in [0.1, 0.15) is 0 Å². The van der Waals surface area contributed by atoms with E-state index in [4.69, 9.17) is 33.2 Å². The van der Waals surface area contributed by atoms with Gasteiger partial charge in [-0.25, -0.2) is 9.97 Å². The Morgan fingerprint density at radius 3 is 1.02 bits per heavy atom. The predicted octanol–water partition coefficient (Wildman–Crippen LogP) is 15.2. The molecule has 9 rings (SSSR count). The summed E-state index contributed by atoms with van der Waals surface area (Å²) in [5.41, 5.74) is 19.5. The first-order valence-electron chi connectivity index (χ1n) is 19.9. The van der Waals surface area contributed by atoms with Gasteiger partial charge in [0.05, 0.1) is 33.8 Å². The molecule has 0 saturated heterocycles. The number of nitrogens with one attached hydrogen (secondary N) is 1. The number of hydrogen-bond acceptors (Lipinski definition) is 2. The molecule has 3 aromatic heterocycles. The molecule has 8 bridgehead atoms. The maximum Gasteiger partial charge on any atom is 0.0745 e. The first-order valence-corrected chi connectivity index (χ1v) is 20.7. The Balaban J connectivity index is 1.52. The largest absolute Gasteiger partial charge is 0.353 e. The Morgan fingerprint density at radius 1 is 0.393 bits per heavy atom. The normalized spacial score (nSPS) is 13.8. The fraction of sp³-hybridized carbons (Fsp3) is 0.333. The van der Waals surface area contributed by atoms with Crippen molar-refractivity contribution in [3.05, 3.63) is 116 Å². The third-order valence-electron chi connectivity index (χ3n) is 12.1. The standard InChI is InChI=1S/C51H51Cl2N3/c1-48(2,3)26-13-32-33-14-27(49(4,5)6)16-37-35(33)25-34(32)36(15-26)42-21-30(52)23-44(54-42)40-19-28(50(7,8)9)17-38-39-18-29(51(10,11)12)20-41(47(39)56-46(38)40)45-24-31(53)22-43(37)55-45/h13-24,56H,25H2,1-12H3. The molecular formula is C51H51Cl2N3. The first-order chi connectivity index (χ1) is 26.0. The summed E-state index contributed by atoms with van der Waals surface area (Å²) in [6.07, 6.45) is 0.753. The van der Waals surface area contributed by atoms with E-state index in [9.17, 15) is 0 Å². The van der Waals surface area contributed by atoms with Gasteiger partial charge in [-0.15, -0.1) is 0 Å². The number of hydrogen-bond donors (Lipinski definition) is 1. The zero-order chi connectivity index (χ0) is 40.0. The molecular weight excluding hydrogens is 725 g/mol. The maximum absolute atomic E-state index is 7.19. The minimum Gasteiger partial charge on any atom is -0.353 e. The van der Waals surface area contributed by atoms with E-state index in [2.05, 4.69) is 149 Å². The molecule has 0 unspecified atom stereocenters. The highest BCUT2D eigenvalue weighted by molar-refractivity contribution is 6.31. The number of pyridine rings is 2. The van der Waals surface area contributed by atoms with Crippen molar-refractivity contribution < 1.29 is 0 Å². The lowest BCUT2D eigenvalue weighted by Gasteiger charge is -2.24. The summed E-state index contributed by atoms with van der Waals surface area (Å²) < 4.78 is 0. The molecule has 0 spiro atoms. The molecule has 5 heteroatoms. The average molecular weight is 777 g/mol. The Morgan fingerprint density at radius 2 is 0.679 bits per heavy atom. The summed E-state index contributed by atoms with van der Waals surface area (Å²) in [7, 11) is 0. The van der Waals surface area contributed by atoms with Gasteiger partial charge in [0.2, 0.25) is 0 Å². The van der Waals surface area contributed by atoms with Crippen molar-refractivity contribution in [1.29, 1.82) is 0 Å². The van der Waals surface area contributed by atoms with Gasteiger partial charge in [0, 0.05) is 49.5 Å². The number of H-pyrrole nitrogens is 1. The van der Waals surface area contributed by atoms with Crippen LogP contribution in [0.3, 0.4) is 0 Å². The van der Waals surface area contributed by atoms with Crippen LogP contribution in [0.4, 0.5) is 0 Å². The van der Waals surface area contributed by atoms with E-state index in [0.717, 1.165) is 73.3 Å². The number of fused-ring (bicyclic) bond motifs is 10. The quantitative estimate of drug-likeness (QED) is 0.167. The van der Waals surface area contributed by atoms with E-state index in [-0.39, 0.29) is 21.7 Å². The third kappa shape index (κ3) is 6.00. The van der Waals surface area contributed by atoms with Gasteiger partial charge in [-0.3, -0.25) is 0 Å². The number of rotatable bonds is 0. The summed E-state index contributed by atoms with van der Waals surface area (Å²) in [6.45, 7) is 27.4. The molecule has 284 valence electrons. The number of benzene rings is 4. The molecule has 56 heavy (non-hydrogen) atoms. The summed E-state index contributed by atoms with van der Waals surface area (Å²) in [5.74, 6) is 0. The second kappa shape index (κ2) is 12.0. The Labute approximate surface area is 341 Å². The Kier molecular flexibility index (Phi) is 7.99. The second-order valence-electron chi connectivity index (χ2n) is 20.4. The van der Waals surface area contributed by atoms with E-state index in [1.54, 1.807) is 0 Å². The molecule has 4 aromatic carbocycles. The van der Waals surface area contributed by atoms with Crippen LogP contribution < -0.4 is 0 Å². The molecule has 0 fully saturated rings. The number of aromatic amines is 1. The highest BCUT2D eigenvalue weighted by Gasteiger charge is 2.32. The molecule has 0 saturated carbocycles. The average Bonchev–Trinajstić information content (AvgIpc) is 3.66. The van der Waals surface area contributed by atoms with Crippen LogP contribution >= 0.6 is 23.2 Å². The van der Waals surface area contributed by atoms with Crippen LogP contribution in [-0.2, 0) is 28.1 Å². The Hall–Kier alpha value is -4.44. The van der Waals surface area contributed by atoms with E-state index >= 15 is 0 Å². The zero-order valence-electron chi connectivity index (χ0n) is 34.8. The zero-order valence-corrected chi connectivity index (χ0v) is 36.3.